The van der Waals surface area contributed by atoms with Gasteiger partial charge in [0.25, 0.3) is 11.1 Å². The van der Waals surface area contributed by atoms with Crippen molar-refractivity contribution in [3.8, 4) is 46.2 Å². The molecule has 10 heteroatoms. The predicted octanol–water partition coefficient (Wildman–Crippen LogP) is 7.03. The van der Waals surface area contributed by atoms with Gasteiger partial charge in [-0.1, -0.05) is 84.9 Å². The van der Waals surface area contributed by atoms with E-state index in [1.165, 1.54) is 6.26 Å². The average molecular weight is 681 g/mol. The van der Waals surface area contributed by atoms with Crippen molar-refractivity contribution in [2.24, 2.45) is 0 Å². The summed E-state index contributed by atoms with van der Waals surface area (Å²) in [5, 5.41) is 18.2. The first-order chi connectivity index (χ1) is 24.3. The number of nitrogens with one attached hydrogen (secondary N) is 2. The summed E-state index contributed by atoms with van der Waals surface area (Å²) >= 11 is 0. The number of para-hydroxylation sites is 2. The molecule has 6 aromatic rings. The molecule has 6 rings (SSSR count). The van der Waals surface area contributed by atoms with E-state index < -0.39 is 16.4 Å². The smallest absolute Gasteiger partial charge is 0.267 e. The SMILES string of the molecule is CS(=O)c1cc(-c2ccccc2OCc2ccccc2)[nH]c(=O)c1C#N.Cc1cc(-c2ccccc2OCc2ccccc2)[nH]c(=O)c1C#N. The van der Waals surface area contributed by atoms with Gasteiger partial charge in [0.2, 0.25) is 0 Å². The van der Waals surface area contributed by atoms with Gasteiger partial charge in [-0.2, -0.15) is 10.5 Å². The number of hydrogen-bond donors (Lipinski definition) is 2. The number of H-pyrrole nitrogens is 2. The molecule has 2 aromatic heterocycles. The van der Waals surface area contributed by atoms with Gasteiger partial charge < -0.3 is 19.4 Å². The lowest BCUT2D eigenvalue weighted by Crippen LogP contribution is -2.15. The van der Waals surface area contributed by atoms with E-state index in [0.29, 0.717) is 47.2 Å². The van der Waals surface area contributed by atoms with Gasteiger partial charge >= 0.3 is 0 Å². The van der Waals surface area contributed by atoms with E-state index >= 15 is 0 Å². The van der Waals surface area contributed by atoms with Crippen molar-refractivity contribution in [3.63, 3.8) is 0 Å². The fraction of sp³-hybridized carbons (Fsp3) is 0.100. The Balaban J connectivity index is 0.000000195. The third-order valence-corrected chi connectivity index (χ3v) is 8.53. The van der Waals surface area contributed by atoms with Crippen LogP contribution >= 0.6 is 0 Å². The zero-order chi connectivity index (χ0) is 35.5. The molecule has 0 aliphatic heterocycles. The van der Waals surface area contributed by atoms with Crippen molar-refractivity contribution in [1.29, 1.82) is 10.5 Å². The van der Waals surface area contributed by atoms with Gasteiger partial charge in [0.15, 0.2) is 0 Å². The summed E-state index contributed by atoms with van der Waals surface area (Å²) in [4.78, 5) is 29.9. The highest BCUT2D eigenvalue weighted by molar-refractivity contribution is 7.84. The Morgan fingerprint density at radius 1 is 0.620 bits per heavy atom. The summed E-state index contributed by atoms with van der Waals surface area (Å²) in [6.45, 7) is 2.58. The van der Waals surface area contributed by atoms with Gasteiger partial charge in [-0.3, -0.25) is 13.8 Å². The van der Waals surface area contributed by atoms with Crippen LogP contribution < -0.4 is 20.6 Å². The number of benzene rings is 4. The zero-order valence-electron chi connectivity index (χ0n) is 27.3. The molecule has 1 atom stereocenters. The van der Waals surface area contributed by atoms with Crippen molar-refractivity contribution in [3.05, 3.63) is 170 Å². The minimum absolute atomic E-state index is 0.128. The second kappa shape index (κ2) is 16.6. The van der Waals surface area contributed by atoms with E-state index in [-0.39, 0.29) is 21.6 Å². The lowest BCUT2D eigenvalue weighted by molar-refractivity contribution is 0.307. The fourth-order valence-corrected chi connectivity index (χ4v) is 5.80. The Hall–Kier alpha value is -6.49. The quantitative estimate of drug-likeness (QED) is 0.167. The highest BCUT2D eigenvalue weighted by Crippen LogP contribution is 2.31. The van der Waals surface area contributed by atoms with Crippen LogP contribution in [0.3, 0.4) is 0 Å². The summed E-state index contributed by atoms with van der Waals surface area (Å²) in [5.41, 5.74) is 4.35. The Morgan fingerprint density at radius 2 is 1.04 bits per heavy atom. The molecule has 0 amide bonds. The second-order valence-electron chi connectivity index (χ2n) is 11.0. The molecule has 0 radical (unpaired) electrons. The molecule has 2 heterocycles. The fourth-order valence-electron chi connectivity index (χ4n) is 5.09. The molecule has 0 spiro atoms. The van der Waals surface area contributed by atoms with Crippen LogP contribution in [0.1, 0.15) is 27.8 Å². The van der Waals surface area contributed by atoms with Crippen LogP contribution in [0.5, 0.6) is 11.5 Å². The number of nitrogens with zero attached hydrogens (tertiary/aromatic N) is 2. The highest BCUT2D eigenvalue weighted by Gasteiger charge is 2.16. The number of ether oxygens (including phenoxy) is 2. The summed E-state index contributed by atoms with van der Waals surface area (Å²) in [6.07, 6.45) is 1.44. The number of aromatic amines is 2. The van der Waals surface area contributed by atoms with Gasteiger partial charge in [0, 0.05) is 17.4 Å². The van der Waals surface area contributed by atoms with Crippen molar-refractivity contribution >= 4 is 10.8 Å². The predicted molar refractivity (Wildman–Crippen MR) is 193 cm³/mol. The maximum absolute atomic E-state index is 12.2. The molecule has 0 saturated heterocycles. The molecule has 0 saturated carbocycles. The first-order valence-electron chi connectivity index (χ1n) is 15.5. The molecule has 2 N–H and O–H groups in total. The van der Waals surface area contributed by atoms with Gasteiger partial charge in [-0.05, 0) is 60.0 Å². The van der Waals surface area contributed by atoms with E-state index in [9.17, 15) is 13.8 Å². The molecule has 0 fully saturated rings. The minimum atomic E-state index is -1.46. The maximum atomic E-state index is 12.2. The molecule has 0 aliphatic rings. The van der Waals surface area contributed by atoms with E-state index in [1.807, 2.05) is 109 Å². The zero-order valence-corrected chi connectivity index (χ0v) is 28.1. The Kier molecular flexibility index (Phi) is 11.5. The van der Waals surface area contributed by atoms with E-state index in [2.05, 4.69) is 9.97 Å². The molecule has 50 heavy (non-hydrogen) atoms. The van der Waals surface area contributed by atoms with E-state index in [1.54, 1.807) is 31.2 Å². The maximum Gasteiger partial charge on any atom is 0.267 e. The molecular weight excluding hydrogens is 649 g/mol. The number of aryl methyl sites for hydroxylation is 1. The van der Waals surface area contributed by atoms with Gasteiger partial charge in [0.05, 0.1) is 27.1 Å². The van der Waals surface area contributed by atoms with Crippen LogP contribution in [0.2, 0.25) is 0 Å². The van der Waals surface area contributed by atoms with Crippen LogP contribution in [0.15, 0.2) is 136 Å². The number of nitriles is 2. The van der Waals surface area contributed by atoms with Crippen molar-refractivity contribution in [1.82, 2.24) is 9.97 Å². The van der Waals surface area contributed by atoms with Crippen LogP contribution in [0, 0.1) is 29.6 Å². The normalized spacial score (nSPS) is 10.9. The number of aromatic nitrogens is 2. The number of rotatable bonds is 9. The van der Waals surface area contributed by atoms with Crippen molar-refractivity contribution in [2.45, 2.75) is 25.0 Å². The lowest BCUT2D eigenvalue weighted by atomic mass is 10.1. The topological polar surface area (TPSA) is 149 Å². The molecule has 4 aromatic carbocycles. The standard InChI is InChI=1S/C20H16N2O3S.C20H16N2O2/c1-26(24)19-11-17(22-20(23)16(19)12-21)15-9-5-6-10-18(15)25-13-14-7-3-2-4-8-14;1-14-11-18(22-20(23)17(14)12-21)16-9-5-6-10-19(16)24-13-15-7-3-2-4-8-15/h2-11H,13H2,1H3,(H,22,23);2-11H,13H2,1H3,(H,22,23). The second-order valence-corrected chi connectivity index (χ2v) is 12.4. The first-order valence-corrected chi connectivity index (χ1v) is 17.0. The van der Waals surface area contributed by atoms with E-state index in [0.717, 1.165) is 16.7 Å². The molecule has 1 unspecified atom stereocenters. The van der Waals surface area contributed by atoms with Crippen LogP contribution in [0.4, 0.5) is 0 Å². The Bertz CT molecular complexity index is 2340. The molecule has 248 valence electrons. The summed E-state index contributed by atoms with van der Waals surface area (Å²) in [7, 11) is -1.46. The minimum Gasteiger partial charge on any atom is -0.488 e. The number of pyridine rings is 2. The summed E-state index contributed by atoms with van der Waals surface area (Å²) < 4.78 is 23.8. The van der Waals surface area contributed by atoms with Gasteiger partial charge in [0.1, 0.15) is 48.0 Å². The monoisotopic (exact) mass is 680 g/mol. The first kappa shape index (κ1) is 34.8. The van der Waals surface area contributed by atoms with Crippen molar-refractivity contribution in [2.75, 3.05) is 6.26 Å². The largest absolute Gasteiger partial charge is 0.488 e. The highest BCUT2D eigenvalue weighted by atomic mass is 32.2. The van der Waals surface area contributed by atoms with E-state index in [4.69, 9.17) is 20.0 Å². The lowest BCUT2D eigenvalue weighted by Gasteiger charge is -2.12. The van der Waals surface area contributed by atoms with Crippen LogP contribution in [-0.4, -0.2) is 20.4 Å². The van der Waals surface area contributed by atoms with Crippen LogP contribution in [-0.2, 0) is 24.0 Å². The Morgan fingerprint density at radius 3 is 1.48 bits per heavy atom. The molecule has 9 nitrogen and oxygen atoms in total. The average Bonchev–Trinajstić information content (AvgIpc) is 3.14. The molecule has 0 bridgehead atoms. The van der Waals surface area contributed by atoms with Gasteiger partial charge in [-0.25, -0.2) is 0 Å². The molecular formula is C40H32N4O5S. The molecule has 0 aliphatic carbocycles. The van der Waals surface area contributed by atoms with Crippen LogP contribution in [0.25, 0.3) is 22.5 Å². The third kappa shape index (κ3) is 8.50. The van der Waals surface area contributed by atoms with Crippen molar-refractivity contribution < 1.29 is 13.7 Å². The summed E-state index contributed by atoms with van der Waals surface area (Å²) in [6, 6.07) is 41.5. The van der Waals surface area contributed by atoms with Gasteiger partial charge in [-0.15, -0.1) is 0 Å². The third-order valence-electron chi connectivity index (χ3n) is 7.59. The summed E-state index contributed by atoms with van der Waals surface area (Å²) in [5.74, 6) is 1.27. The number of hydrogen-bond acceptors (Lipinski definition) is 7. The Labute approximate surface area is 291 Å².